The highest BCUT2D eigenvalue weighted by atomic mass is 16.2. The van der Waals surface area contributed by atoms with Crippen molar-refractivity contribution in [3.8, 4) is 0 Å². The van der Waals surface area contributed by atoms with Crippen LogP contribution in [0.2, 0.25) is 0 Å². The molecule has 2 amide bonds. The van der Waals surface area contributed by atoms with Gasteiger partial charge in [0.25, 0.3) is 5.91 Å². The maximum absolute atomic E-state index is 12.7. The van der Waals surface area contributed by atoms with E-state index in [1.54, 1.807) is 4.90 Å². The zero-order valence-electron chi connectivity index (χ0n) is 12.5. The Morgan fingerprint density at radius 1 is 1.00 bits per heavy atom. The van der Waals surface area contributed by atoms with E-state index in [-0.39, 0.29) is 23.9 Å². The van der Waals surface area contributed by atoms with Crippen LogP contribution in [0.5, 0.6) is 0 Å². The van der Waals surface area contributed by atoms with Crippen LogP contribution < -0.4 is 9.80 Å². The molecule has 0 spiro atoms. The molecule has 2 heterocycles. The van der Waals surface area contributed by atoms with Crippen LogP contribution in [0, 0.1) is 0 Å². The van der Waals surface area contributed by atoms with Crippen molar-refractivity contribution in [3.05, 3.63) is 0 Å². The molecule has 2 saturated heterocycles. The molecule has 0 aromatic heterocycles. The van der Waals surface area contributed by atoms with E-state index < -0.39 is 0 Å². The summed E-state index contributed by atoms with van der Waals surface area (Å²) in [4.78, 5) is 29.5. The first-order valence-corrected chi connectivity index (χ1v) is 8.18. The zero-order chi connectivity index (χ0) is 14.1. The second-order valence-corrected chi connectivity index (χ2v) is 6.77. The number of imide groups is 1. The molecule has 112 valence electrons. The van der Waals surface area contributed by atoms with Gasteiger partial charge in [0, 0.05) is 6.04 Å². The molecular weight excluding hydrogens is 254 g/mol. The van der Waals surface area contributed by atoms with E-state index in [0.717, 1.165) is 51.9 Å². The first-order valence-electron chi connectivity index (χ1n) is 8.18. The lowest BCUT2D eigenvalue weighted by molar-refractivity contribution is -1.01. The predicted molar refractivity (Wildman–Crippen MR) is 74.4 cm³/mol. The van der Waals surface area contributed by atoms with Crippen LogP contribution in [0.25, 0.3) is 0 Å². The summed E-state index contributed by atoms with van der Waals surface area (Å²) in [5.41, 5.74) is 0. The largest absolute Gasteiger partial charge is 0.328 e. The van der Waals surface area contributed by atoms with Gasteiger partial charge in [0.15, 0.2) is 6.04 Å². The first-order chi connectivity index (χ1) is 9.66. The van der Waals surface area contributed by atoms with Crippen molar-refractivity contribution in [1.82, 2.24) is 4.90 Å². The van der Waals surface area contributed by atoms with Gasteiger partial charge >= 0.3 is 0 Å². The Balaban J connectivity index is 1.66. The summed E-state index contributed by atoms with van der Waals surface area (Å²) in [5, 5.41) is 0. The van der Waals surface area contributed by atoms with E-state index in [1.165, 1.54) is 16.2 Å². The molecule has 1 saturated carbocycles. The maximum Gasteiger partial charge on any atom is 0.288 e. The Morgan fingerprint density at radius 3 is 2.30 bits per heavy atom. The number of quaternary nitrogens is 2. The maximum atomic E-state index is 12.7. The smallest absolute Gasteiger partial charge is 0.288 e. The van der Waals surface area contributed by atoms with Crippen LogP contribution in [0.15, 0.2) is 0 Å². The number of nitrogens with one attached hydrogen (secondary N) is 2. The summed E-state index contributed by atoms with van der Waals surface area (Å²) >= 11 is 0. The number of carbonyl (C=O) groups excluding carboxylic acids is 2. The third kappa shape index (κ3) is 2.61. The number of hydrogen-bond donors (Lipinski definition) is 2. The van der Waals surface area contributed by atoms with Crippen molar-refractivity contribution in [2.45, 2.75) is 50.6 Å². The molecule has 0 bridgehead atoms. The summed E-state index contributed by atoms with van der Waals surface area (Å²) in [6.45, 7) is 4.26. The Morgan fingerprint density at radius 2 is 1.65 bits per heavy atom. The monoisotopic (exact) mass is 281 g/mol. The highest BCUT2D eigenvalue weighted by Crippen LogP contribution is 2.26. The van der Waals surface area contributed by atoms with Crippen molar-refractivity contribution in [2.75, 3.05) is 33.2 Å². The van der Waals surface area contributed by atoms with Gasteiger partial charge in [-0.2, -0.15) is 0 Å². The number of rotatable bonds is 2. The topological polar surface area (TPSA) is 46.3 Å². The van der Waals surface area contributed by atoms with Crippen molar-refractivity contribution in [1.29, 1.82) is 0 Å². The molecule has 5 heteroatoms. The molecule has 2 N–H and O–H groups in total. The first kappa shape index (κ1) is 14.0. The molecule has 3 aliphatic rings. The highest BCUT2D eigenvalue weighted by Gasteiger charge is 2.48. The standard InChI is InChI=1S/C15H25N3O2/c1-16-7-9-17(10-8-16)13-11-14(19)18(15(13)20)12-5-3-2-4-6-12/h12-13H,2-11H2,1H3/p+2/t13-/m1/s1. The van der Waals surface area contributed by atoms with Crippen LogP contribution in [-0.2, 0) is 9.59 Å². The Hall–Kier alpha value is -0.940. The lowest BCUT2D eigenvalue weighted by Crippen LogP contribution is -3.29. The molecule has 3 rings (SSSR count). The summed E-state index contributed by atoms with van der Waals surface area (Å²) < 4.78 is 0. The summed E-state index contributed by atoms with van der Waals surface area (Å²) in [6, 6.07) is 0.115. The molecule has 1 aliphatic carbocycles. The number of likely N-dealkylation sites (tertiary alicyclic amines) is 1. The molecule has 20 heavy (non-hydrogen) atoms. The summed E-state index contributed by atoms with van der Waals surface area (Å²) in [7, 11) is 2.20. The summed E-state index contributed by atoms with van der Waals surface area (Å²) in [6.07, 6.45) is 6.07. The number of likely N-dealkylation sites (N-methyl/N-ethyl adjacent to an activating group) is 1. The quantitative estimate of drug-likeness (QED) is 0.568. The number of carbonyl (C=O) groups is 2. The van der Waals surface area contributed by atoms with Crippen LogP contribution in [-0.4, -0.2) is 62.0 Å². The lowest BCUT2D eigenvalue weighted by Gasteiger charge is -2.32. The number of nitrogens with zero attached hydrogens (tertiary/aromatic N) is 1. The van der Waals surface area contributed by atoms with Crippen LogP contribution in [0.3, 0.4) is 0 Å². The lowest BCUT2D eigenvalue weighted by atomic mass is 9.94. The highest BCUT2D eigenvalue weighted by molar-refractivity contribution is 6.05. The SMILES string of the molecule is C[NH+]1CC[NH+]([C@@H]2CC(=O)N(C3CCCCC3)C2=O)CC1. The van der Waals surface area contributed by atoms with E-state index in [1.807, 2.05) is 0 Å². The van der Waals surface area contributed by atoms with Gasteiger partial charge in [-0.15, -0.1) is 0 Å². The van der Waals surface area contributed by atoms with Gasteiger partial charge in [0.2, 0.25) is 5.91 Å². The molecule has 0 radical (unpaired) electrons. The molecule has 5 nitrogen and oxygen atoms in total. The number of amides is 2. The van der Waals surface area contributed by atoms with Gasteiger partial charge in [-0.3, -0.25) is 14.5 Å². The average molecular weight is 281 g/mol. The second-order valence-electron chi connectivity index (χ2n) is 6.77. The van der Waals surface area contributed by atoms with Crippen LogP contribution >= 0.6 is 0 Å². The van der Waals surface area contributed by atoms with Gasteiger partial charge in [-0.1, -0.05) is 19.3 Å². The average Bonchev–Trinajstić information content (AvgIpc) is 2.76. The van der Waals surface area contributed by atoms with Crippen molar-refractivity contribution in [2.24, 2.45) is 0 Å². The van der Waals surface area contributed by atoms with Crippen molar-refractivity contribution < 1.29 is 19.4 Å². The minimum absolute atomic E-state index is 0.0856. The normalized spacial score (nSPS) is 36.6. The minimum atomic E-state index is -0.0856. The zero-order valence-corrected chi connectivity index (χ0v) is 12.5. The van der Waals surface area contributed by atoms with Crippen molar-refractivity contribution in [3.63, 3.8) is 0 Å². The van der Waals surface area contributed by atoms with E-state index in [0.29, 0.717) is 6.42 Å². The van der Waals surface area contributed by atoms with Gasteiger partial charge < -0.3 is 9.80 Å². The number of hydrogen-bond acceptors (Lipinski definition) is 2. The third-order valence-electron chi connectivity index (χ3n) is 5.36. The van der Waals surface area contributed by atoms with E-state index in [9.17, 15) is 9.59 Å². The van der Waals surface area contributed by atoms with Crippen LogP contribution in [0.1, 0.15) is 38.5 Å². The summed E-state index contributed by atoms with van der Waals surface area (Å²) in [5.74, 6) is 0.210. The molecule has 0 aromatic carbocycles. The molecule has 0 unspecified atom stereocenters. The van der Waals surface area contributed by atoms with E-state index >= 15 is 0 Å². The molecule has 3 fully saturated rings. The Bertz CT molecular complexity index is 385. The fourth-order valence-corrected chi connectivity index (χ4v) is 4.04. The molecule has 1 atom stereocenters. The fourth-order valence-electron chi connectivity index (χ4n) is 4.04. The van der Waals surface area contributed by atoms with E-state index in [4.69, 9.17) is 0 Å². The van der Waals surface area contributed by atoms with E-state index in [2.05, 4.69) is 7.05 Å². The molecule has 0 aromatic rings. The van der Waals surface area contributed by atoms with Gasteiger partial charge in [-0.25, -0.2) is 0 Å². The predicted octanol–water partition coefficient (Wildman–Crippen LogP) is -2.14. The van der Waals surface area contributed by atoms with Crippen molar-refractivity contribution >= 4 is 11.8 Å². The van der Waals surface area contributed by atoms with Gasteiger partial charge in [-0.05, 0) is 12.8 Å². The Kier molecular flexibility index (Phi) is 4.08. The second kappa shape index (κ2) is 5.82. The minimum Gasteiger partial charge on any atom is -0.328 e. The molecular formula is C15H27N3O2+2. The van der Waals surface area contributed by atoms with Gasteiger partial charge in [0.1, 0.15) is 26.2 Å². The third-order valence-corrected chi connectivity index (χ3v) is 5.36. The fraction of sp³-hybridized carbons (Fsp3) is 0.867. The Labute approximate surface area is 120 Å². The number of piperazine rings is 1. The van der Waals surface area contributed by atoms with Crippen LogP contribution in [0.4, 0.5) is 0 Å². The van der Waals surface area contributed by atoms with Gasteiger partial charge in [0.05, 0.1) is 13.5 Å². The molecule has 2 aliphatic heterocycles.